The highest BCUT2D eigenvalue weighted by Gasteiger charge is 2.17. The zero-order valence-corrected chi connectivity index (χ0v) is 15.5. The standard InChI is InChI=1S/C21H20ClN3O/c1-13-3-4-14(2)25(13)20-8-6-17(22)10-19(20)21(26)24-18-7-5-15-11-23-12-16(15)9-18/h3-10,23H,11-12H2,1-2H3,(H,24,26). The first-order valence-electron chi connectivity index (χ1n) is 8.61. The van der Waals surface area contributed by atoms with Crippen LogP contribution in [0, 0.1) is 13.8 Å². The number of amides is 1. The molecule has 1 amide bonds. The molecule has 2 heterocycles. The van der Waals surface area contributed by atoms with Gasteiger partial charge in [-0.2, -0.15) is 0 Å². The van der Waals surface area contributed by atoms with Crippen molar-refractivity contribution in [1.82, 2.24) is 9.88 Å². The Morgan fingerprint density at radius 3 is 2.50 bits per heavy atom. The van der Waals surface area contributed by atoms with E-state index in [4.69, 9.17) is 11.6 Å². The SMILES string of the molecule is Cc1ccc(C)n1-c1ccc(Cl)cc1C(=O)Nc1ccc2c(c1)CNC2. The summed E-state index contributed by atoms with van der Waals surface area (Å²) in [6, 6.07) is 15.5. The molecule has 26 heavy (non-hydrogen) atoms. The van der Waals surface area contributed by atoms with Gasteiger partial charge in [0, 0.05) is 35.2 Å². The van der Waals surface area contributed by atoms with Gasteiger partial charge >= 0.3 is 0 Å². The van der Waals surface area contributed by atoms with E-state index in [1.54, 1.807) is 6.07 Å². The van der Waals surface area contributed by atoms with Crippen molar-refractivity contribution >= 4 is 23.2 Å². The van der Waals surface area contributed by atoms with Crippen molar-refractivity contribution in [3.8, 4) is 5.69 Å². The van der Waals surface area contributed by atoms with Crippen molar-refractivity contribution in [2.45, 2.75) is 26.9 Å². The second-order valence-corrected chi connectivity index (χ2v) is 7.09. The van der Waals surface area contributed by atoms with Crippen molar-refractivity contribution in [2.75, 3.05) is 5.32 Å². The Morgan fingerprint density at radius 2 is 1.73 bits per heavy atom. The summed E-state index contributed by atoms with van der Waals surface area (Å²) in [4.78, 5) is 13.0. The molecule has 0 fully saturated rings. The summed E-state index contributed by atoms with van der Waals surface area (Å²) in [6.45, 7) is 5.77. The van der Waals surface area contributed by atoms with Gasteiger partial charge in [0.05, 0.1) is 11.3 Å². The van der Waals surface area contributed by atoms with E-state index in [1.807, 2.05) is 50.2 Å². The summed E-state index contributed by atoms with van der Waals surface area (Å²) in [5.41, 5.74) is 6.83. The minimum atomic E-state index is -0.166. The maximum Gasteiger partial charge on any atom is 0.257 e. The Kier molecular flexibility index (Phi) is 4.31. The van der Waals surface area contributed by atoms with Crippen LogP contribution < -0.4 is 10.6 Å². The Balaban J connectivity index is 1.71. The van der Waals surface area contributed by atoms with Crippen molar-refractivity contribution < 1.29 is 4.79 Å². The highest BCUT2D eigenvalue weighted by atomic mass is 35.5. The molecule has 1 aliphatic rings. The molecular weight excluding hydrogens is 346 g/mol. The Hall–Kier alpha value is -2.56. The number of hydrogen-bond acceptors (Lipinski definition) is 2. The fourth-order valence-corrected chi connectivity index (χ4v) is 3.68. The minimum Gasteiger partial charge on any atom is -0.322 e. The molecule has 0 radical (unpaired) electrons. The number of anilines is 1. The van der Waals surface area contributed by atoms with E-state index >= 15 is 0 Å². The number of benzene rings is 2. The van der Waals surface area contributed by atoms with Gasteiger partial charge in [-0.1, -0.05) is 17.7 Å². The summed E-state index contributed by atoms with van der Waals surface area (Å²) < 4.78 is 2.07. The molecule has 0 saturated heterocycles. The van der Waals surface area contributed by atoms with Crippen LogP contribution >= 0.6 is 11.6 Å². The van der Waals surface area contributed by atoms with Gasteiger partial charge in [-0.25, -0.2) is 0 Å². The van der Waals surface area contributed by atoms with E-state index in [9.17, 15) is 4.79 Å². The van der Waals surface area contributed by atoms with E-state index in [-0.39, 0.29) is 5.91 Å². The average molecular weight is 366 g/mol. The van der Waals surface area contributed by atoms with Crippen LogP contribution in [0.15, 0.2) is 48.5 Å². The predicted molar refractivity (Wildman–Crippen MR) is 105 cm³/mol. The van der Waals surface area contributed by atoms with Gasteiger partial charge in [-0.15, -0.1) is 0 Å². The first-order chi connectivity index (χ1) is 12.5. The van der Waals surface area contributed by atoms with Crippen LogP contribution in [-0.2, 0) is 13.1 Å². The van der Waals surface area contributed by atoms with Crippen molar-refractivity contribution in [3.05, 3.63) is 81.6 Å². The molecule has 0 aliphatic carbocycles. The van der Waals surface area contributed by atoms with Crippen LogP contribution in [0.1, 0.15) is 32.9 Å². The van der Waals surface area contributed by atoms with Gasteiger partial charge < -0.3 is 15.2 Å². The van der Waals surface area contributed by atoms with E-state index in [1.165, 1.54) is 11.1 Å². The average Bonchev–Trinajstić information content (AvgIpc) is 3.21. The Morgan fingerprint density at radius 1 is 1.00 bits per heavy atom. The molecule has 132 valence electrons. The van der Waals surface area contributed by atoms with Crippen LogP contribution in [0.2, 0.25) is 5.02 Å². The van der Waals surface area contributed by atoms with Crippen LogP contribution in [-0.4, -0.2) is 10.5 Å². The number of nitrogens with zero attached hydrogens (tertiary/aromatic N) is 1. The van der Waals surface area contributed by atoms with E-state index in [0.29, 0.717) is 10.6 Å². The molecule has 4 nitrogen and oxygen atoms in total. The quantitative estimate of drug-likeness (QED) is 0.712. The topological polar surface area (TPSA) is 46.1 Å². The molecule has 5 heteroatoms. The van der Waals surface area contributed by atoms with Gasteiger partial charge in [-0.3, -0.25) is 4.79 Å². The molecule has 0 atom stereocenters. The first-order valence-corrected chi connectivity index (χ1v) is 8.99. The van der Waals surface area contributed by atoms with Crippen LogP contribution in [0.3, 0.4) is 0 Å². The zero-order chi connectivity index (χ0) is 18.3. The molecule has 2 aromatic carbocycles. The lowest BCUT2D eigenvalue weighted by molar-refractivity contribution is 0.102. The summed E-state index contributed by atoms with van der Waals surface area (Å²) in [5, 5.41) is 6.87. The smallest absolute Gasteiger partial charge is 0.257 e. The van der Waals surface area contributed by atoms with Gasteiger partial charge in [0.2, 0.25) is 0 Å². The third-order valence-corrected chi connectivity index (χ3v) is 5.05. The van der Waals surface area contributed by atoms with E-state index in [0.717, 1.165) is 35.9 Å². The van der Waals surface area contributed by atoms with Gasteiger partial charge in [-0.05, 0) is 67.4 Å². The van der Waals surface area contributed by atoms with Crippen LogP contribution in [0.5, 0.6) is 0 Å². The number of aryl methyl sites for hydroxylation is 2. The zero-order valence-electron chi connectivity index (χ0n) is 14.8. The molecular formula is C21H20ClN3O. The first kappa shape index (κ1) is 16.9. The van der Waals surface area contributed by atoms with Crippen molar-refractivity contribution in [3.63, 3.8) is 0 Å². The molecule has 1 aliphatic heterocycles. The van der Waals surface area contributed by atoms with Crippen molar-refractivity contribution in [1.29, 1.82) is 0 Å². The van der Waals surface area contributed by atoms with Gasteiger partial charge in [0.15, 0.2) is 0 Å². The lowest BCUT2D eigenvalue weighted by Gasteiger charge is -2.15. The maximum atomic E-state index is 13.0. The lowest BCUT2D eigenvalue weighted by Crippen LogP contribution is -2.16. The fraction of sp³-hybridized carbons (Fsp3) is 0.190. The van der Waals surface area contributed by atoms with Crippen LogP contribution in [0.4, 0.5) is 5.69 Å². The van der Waals surface area contributed by atoms with Crippen molar-refractivity contribution in [2.24, 2.45) is 0 Å². The lowest BCUT2D eigenvalue weighted by atomic mass is 10.1. The largest absolute Gasteiger partial charge is 0.322 e. The summed E-state index contributed by atoms with van der Waals surface area (Å²) in [5.74, 6) is -0.166. The summed E-state index contributed by atoms with van der Waals surface area (Å²) in [6.07, 6.45) is 0. The summed E-state index contributed by atoms with van der Waals surface area (Å²) in [7, 11) is 0. The Labute approximate surface area is 157 Å². The second-order valence-electron chi connectivity index (χ2n) is 6.65. The monoisotopic (exact) mass is 365 g/mol. The third-order valence-electron chi connectivity index (χ3n) is 4.81. The van der Waals surface area contributed by atoms with E-state index in [2.05, 4.69) is 21.3 Å². The molecule has 0 bridgehead atoms. The fourth-order valence-electron chi connectivity index (χ4n) is 3.50. The van der Waals surface area contributed by atoms with E-state index < -0.39 is 0 Å². The highest BCUT2D eigenvalue weighted by molar-refractivity contribution is 6.31. The second kappa shape index (κ2) is 6.63. The number of halogens is 1. The number of carbonyl (C=O) groups is 1. The number of fused-ring (bicyclic) bond motifs is 1. The molecule has 4 rings (SSSR count). The Bertz CT molecular complexity index is 987. The molecule has 2 N–H and O–H groups in total. The summed E-state index contributed by atoms with van der Waals surface area (Å²) >= 11 is 6.18. The molecule has 0 saturated carbocycles. The van der Waals surface area contributed by atoms with Gasteiger partial charge in [0.25, 0.3) is 5.91 Å². The number of aromatic nitrogens is 1. The third kappa shape index (κ3) is 3.02. The molecule has 1 aromatic heterocycles. The number of carbonyl (C=O) groups excluding carboxylic acids is 1. The maximum absolute atomic E-state index is 13.0. The number of rotatable bonds is 3. The minimum absolute atomic E-state index is 0.166. The number of hydrogen-bond donors (Lipinski definition) is 2. The molecule has 3 aromatic rings. The molecule has 0 spiro atoms. The van der Waals surface area contributed by atoms with Gasteiger partial charge in [0.1, 0.15) is 0 Å². The number of nitrogens with one attached hydrogen (secondary N) is 2. The predicted octanol–water partition coefficient (Wildman–Crippen LogP) is 4.60. The molecule has 0 unspecified atom stereocenters. The normalized spacial score (nSPS) is 12.9. The highest BCUT2D eigenvalue weighted by Crippen LogP contribution is 2.26. The van der Waals surface area contributed by atoms with Crippen LogP contribution in [0.25, 0.3) is 5.69 Å².